The van der Waals surface area contributed by atoms with Gasteiger partial charge in [-0.1, -0.05) is 18.6 Å². The minimum absolute atomic E-state index is 0.247. The van der Waals surface area contributed by atoms with Gasteiger partial charge < -0.3 is 0 Å². The molecule has 0 amide bonds. The van der Waals surface area contributed by atoms with E-state index in [1.54, 1.807) is 13.8 Å². The maximum Gasteiger partial charge on any atom is 0.137 e. The smallest absolute Gasteiger partial charge is 0.137 e. The van der Waals surface area contributed by atoms with Crippen molar-refractivity contribution in [2.75, 3.05) is 0 Å². The SMILES string of the molecule is CC(=O)[C@]12CCC[C@@]1(C(C)=O)[C@H]1C=C[C@@H]2C1. The summed E-state index contributed by atoms with van der Waals surface area (Å²) in [6, 6.07) is 0. The zero-order valence-corrected chi connectivity index (χ0v) is 9.95. The van der Waals surface area contributed by atoms with E-state index >= 15 is 0 Å². The molecule has 0 aliphatic heterocycles. The molecule has 0 N–H and O–H groups in total. The molecule has 3 rings (SSSR count). The summed E-state index contributed by atoms with van der Waals surface area (Å²) in [4.78, 5) is 24.3. The number of hydrogen-bond donors (Lipinski definition) is 0. The first-order chi connectivity index (χ1) is 7.55. The van der Waals surface area contributed by atoms with Crippen LogP contribution in [-0.4, -0.2) is 11.6 Å². The molecule has 16 heavy (non-hydrogen) atoms. The predicted molar refractivity (Wildman–Crippen MR) is 60.8 cm³/mol. The zero-order valence-electron chi connectivity index (χ0n) is 9.95. The third kappa shape index (κ3) is 0.792. The Morgan fingerprint density at radius 1 is 1.00 bits per heavy atom. The number of allylic oxidation sites excluding steroid dienone is 2. The second kappa shape index (κ2) is 2.85. The number of ketones is 2. The molecule has 0 aromatic rings. The Kier molecular flexibility index (Phi) is 1.82. The highest BCUT2D eigenvalue weighted by Gasteiger charge is 2.71. The minimum atomic E-state index is -0.335. The third-order valence-electron chi connectivity index (χ3n) is 5.54. The summed E-state index contributed by atoms with van der Waals surface area (Å²) in [5.41, 5.74) is -0.670. The van der Waals surface area contributed by atoms with Crippen LogP contribution in [0.4, 0.5) is 0 Å². The van der Waals surface area contributed by atoms with Crippen LogP contribution in [0.2, 0.25) is 0 Å². The van der Waals surface area contributed by atoms with Crippen LogP contribution in [0.15, 0.2) is 12.2 Å². The van der Waals surface area contributed by atoms with E-state index in [0.717, 1.165) is 25.7 Å². The van der Waals surface area contributed by atoms with Crippen LogP contribution in [0.25, 0.3) is 0 Å². The number of Topliss-reactive ketones (excluding diaryl/α,β-unsaturated/α-hetero) is 2. The topological polar surface area (TPSA) is 34.1 Å². The summed E-state index contributed by atoms with van der Waals surface area (Å²) >= 11 is 0. The van der Waals surface area contributed by atoms with Gasteiger partial charge in [-0.2, -0.15) is 0 Å². The highest BCUT2D eigenvalue weighted by atomic mass is 16.1. The molecule has 2 nitrogen and oxygen atoms in total. The molecule has 0 saturated heterocycles. The quantitative estimate of drug-likeness (QED) is 0.667. The van der Waals surface area contributed by atoms with Gasteiger partial charge in [-0.05, 0) is 44.9 Å². The average molecular weight is 218 g/mol. The van der Waals surface area contributed by atoms with Gasteiger partial charge in [0.1, 0.15) is 11.6 Å². The van der Waals surface area contributed by atoms with E-state index in [1.807, 2.05) is 0 Å². The summed E-state index contributed by atoms with van der Waals surface area (Å²) in [6.07, 6.45) is 8.30. The van der Waals surface area contributed by atoms with Crippen molar-refractivity contribution in [2.24, 2.45) is 22.7 Å². The lowest BCUT2D eigenvalue weighted by Crippen LogP contribution is -2.50. The van der Waals surface area contributed by atoms with Gasteiger partial charge in [0.15, 0.2) is 0 Å². The number of carbonyl (C=O) groups excluding carboxylic acids is 2. The van der Waals surface area contributed by atoms with Crippen molar-refractivity contribution in [1.29, 1.82) is 0 Å². The van der Waals surface area contributed by atoms with E-state index < -0.39 is 0 Å². The lowest BCUT2D eigenvalue weighted by atomic mass is 9.56. The van der Waals surface area contributed by atoms with E-state index in [0.29, 0.717) is 11.8 Å². The zero-order chi connectivity index (χ0) is 11.6. The lowest BCUT2D eigenvalue weighted by molar-refractivity contribution is -0.145. The molecule has 0 aromatic heterocycles. The van der Waals surface area contributed by atoms with Crippen LogP contribution in [0.5, 0.6) is 0 Å². The van der Waals surface area contributed by atoms with Crippen LogP contribution in [0.1, 0.15) is 39.5 Å². The standard InChI is InChI=1S/C14H18O2/c1-9(15)13-6-3-7-14(13,10(2)16)12-5-4-11(13)8-12/h4-5,11-12H,3,6-8H2,1-2H3/t11-,12+,13+,14-. The Hall–Kier alpha value is -0.920. The number of rotatable bonds is 2. The van der Waals surface area contributed by atoms with Gasteiger partial charge in [-0.25, -0.2) is 0 Å². The van der Waals surface area contributed by atoms with Crippen LogP contribution in [-0.2, 0) is 9.59 Å². The van der Waals surface area contributed by atoms with Gasteiger partial charge in [0.25, 0.3) is 0 Å². The Labute approximate surface area is 96.1 Å². The Bertz CT molecular complexity index is 373. The fourth-order valence-electron chi connectivity index (χ4n) is 5.06. The van der Waals surface area contributed by atoms with Gasteiger partial charge in [0, 0.05) is 10.8 Å². The lowest BCUT2D eigenvalue weighted by Gasteiger charge is -2.44. The van der Waals surface area contributed by atoms with E-state index in [1.165, 1.54) is 0 Å². The van der Waals surface area contributed by atoms with E-state index in [9.17, 15) is 9.59 Å². The molecule has 0 unspecified atom stereocenters. The molecule has 4 atom stereocenters. The third-order valence-corrected chi connectivity index (χ3v) is 5.54. The van der Waals surface area contributed by atoms with Crippen molar-refractivity contribution in [3.8, 4) is 0 Å². The largest absolute Gasteiger partial charge is 0.299 e. The maximum absolute atomic E-state index is 12.2. The molecular weight excluding hydrogens is 200 g/mol. The number of carbonyl (C=O) groups is 2. The molecule has 2 saturated carbocycles. The fraction of sp³-hybridized carbons (Fsp3) is 0.714. The van der Waals surface area contributed by atoms with Crippen molar-refractivity contribution in [3.63, 3.8) is 0 Å². The maximum atomic E-state index is 12.2. The fourth-order valence-corrected chi connectivity index (χ4v) is 5.06. The van der Waals surface area contributed by atoms with Crippen LogP contribution >= 0.6 is 0 Å². The molecule has 0 heterocycles. The Balaban J connectivity index is 2.23. The molecule has 2 fully saturated rings. The Morgan fingerprint density at radius 3 is 1.81 bits per heavy atom. The molecule has 0 spiro atoms. The molecular formula is C14H18O2. The normalized spacial score (nSPS) is 48.4. The van der Waals surface area contributed by atoms with Crippen molar-refractivity contribution < 1.29 is 9.59 Å². The van der Waals surface area contributed by atoms with Gasteiger partial charge >= 0.3 is 0 Å². The monoisotopic (exact) mass is 218 g/mol. The molecule has 0 radical (unpaired) electrons. The van der Waals surface area contributed by atoms with Gasteiger partial charge in [0.2, 0.25) is 0 Å². The summed E-state index contributed by atoms with van der Waals surface area (Å²) < 4.78 is 0. The van der Waals surface area contributed by atoms with Gasteiger partial charge in [-0.15, -0.1) is 0 Å². The van der Waals surface area contributed by atoms with E-state index in [4.69, 9.17) is 0 Å². The summed E-state index contributed by atoms with van der Waals surface area (Å²) in [5.74, 6) is 1.16. The van der Waals surface area contributed by atoms with Crippen LogP contribution < -0.4 is 0 Å². The van der Waals surface area contributed by atoms with Crippen molar-refractivity contribution in [1.82, 2.24) is 0 Å². The molecule has 3 aliphatic rings. The molecule has 0 aromatic carbocycles. The van der Waals surface area contributed by atoms with E-state index in [2.05, 4.69) is 12.2 Å². The second-order valence-electron chi connectivity index (χ2n) is 5.74. The molecule has 2 bridgehead atoms. The molecule has 3 aliphatic carbocycles. The molecule has 2 heteroatoms. The van der Waals surface area contributed by atoms with Crippen molar-refractivity contribution in [3.05, 3.63) is 12.2 Å². The van der Waals surface area contributed by atoms with Crippen molar-refractivity contribution >= 4 is 11.6 Å². The highest BCUT2D eigenvalue weighted by molar-refractivity contribution is 5.96. The average Bonchev–Trinajstić information content (AvgIpc) is 2.88. The van der Waals surface area contributed by atoms with Gasteiger partial charge in [-0.3, -0.25) is 9.59 Å². The predicted octanol–water partition coefficient (Wildman–Crippen LogP) is 2.53. The van der Waals surface area contributed by atoms with Crippen LogP contribution in [0.3, 0.4) is 0 Å². The highest BCUT2D eigenvalue weighted by Crippen LogP contribution is 2.71. The van der Waals surface area contributed by atoms with E-state index in [-0.39, 0.29) is 22.4 Å². The molecule has 86 valence electrons. The minimum Gasteiger partial charge on any atom is -0.299 e. The Morgan fingerprint density at radius 2 is 1.44 bits per heavy atom. The summed E-state index contributed by atoms with van der Waals surface area (Å²) in [7, 11) is 0. The number of fused-ring (bicyclic) bond motifs is 5. The summed E-state index contributed by atoms with van der Waals surface area (Å²) in [6.45, 7) is 3.38. The summed E-state index contributed by atoms with van der Waals surface area (Å²) in [5, 5.41) is 0. The van der Waals surface area contributed by atoms with Crippen molar-refractivity contribution in [2.45, 2.75) is 39.5 Å². The van der Waals surface area contributed by atoms with Crippen LogP contribution in [0, 0.1) is 22.7 Å². The second-order valence-corrected chi connectivity index (χ2v) is 5.74. The first kappa shape index (κ1) is 10.2. The number of hydrogen-bond acceptors (Lipinski definition) is 2. The first-order valence-corrected chi connectivity index (χ1v) is 6.26. The first-order valence-electron chi connectivity index (χ1n) is 6.26. The van der Waals surface area contributed by atoms with Gasteiger partial charge in [0.05, 0.1) is 0 Å².